The summed E-state index contributed by atoms with van der Waals surface area (Å²) in [7, 11) is 0. The van der Waals surface area contributed by atoms with Gasteiger partial charge in [-0.25, -0.2) is 9.97 Å². The van der Waals surface area contributed by atoms with Crippen LogP contribution in [0, 0.1) is 0 Å². The van der Waals surface area contributed by atoms with E-state index >= 15 is 0 Å². The number of nitrogens with one attached hydrogen (secondary N) is 1. The Morgan fingerprint density at radius 1 is 0.893 bits per heavy atom. The van der Waals surface area contributed by atoms with Crippen LogP contribution in [0.4, 0.5) is 11.6 Å². The Morgan fingerprint density at radius 2 is 1.61 bits per heavy atom. The van der Waals surface area contributed by atoms with Gasteiger partial charge in [-0.05, 0) is 55.7 Å². The molecular weight excluding hydrogens is 352 g/mol. The van der Waals surface area contributed by atoms with Gasteiger partial charge >= 0.3 is 0 Å². The zero-order chi connectivity index (χ0) is 19.2. The van der Waals surface area contributed by atoms with Gasteiger partial charge in [-0.1, -0.05) is 18.2 Å². The number of hydrogen-bond donors (Lipinski definition) is 1. The molecule has 1 aliphatic heterocycles. The highest BCUT2D eigenvalue weighted by Crippen LogP contribution is 2.22. The first kappa shape index (κ1) is 18.0. The highest BCUT2D eigenvalue weighted by Gasteiger charge is 2.14. The van der Waals surface area contributed by atoms with Crippen LogP contribution >= 0.6 is 0 Å². The molecule has 142 valence electrons. The Morgan fingerprint density at radius 3 is 2.36 bits per heavy atom. The molecule has 28 heavy (non-hydrogen) atoms. The summed E-state index contributed by atoms with van der Waals surface area (Å²) in [5.41, 5.74) is 0.540. The lowest BCUT2D eigenvalue weighted by Gasteiger charge is -2.27. The maximum atomic E-state index is 12.5. The van der Waals surface area contributed by atoms with Crippen molar-refractivity contribution in [2.45, 2.75) is 19.3 Å². The minimum Gasteiger partial charge on any atom is -0.457 e. The topological polar surface area (TPSA) is 67.4 Å². The van der Waals surface area contributed by atoms with Crippen LogP contribution in [-0.2, 0) is 0 Å². The fourth-order valence-corrected chi connectivity index (χ4v) is 3.20. The number of rotatable bonds is 5. The van der Waals surface area contributed by atoms with Crippen LogP contribution in [0.1, 0.15) is 29.6 Å². The Labute approximate surface area is 164 Å². The maximum Gasteiger partial charge on any atom is 0.256 e. The van der Waals surface area contributed by atoms with Crippen LogP contribution in [0.5, 0.6) is 11.5 Å². The Bertz CT molecular complexity index is 923. The van der Waals surface area contributed by atoms with Crippen LogP contribution in [0.3, 0.4) is 0 Å². The van der Waals surface area contributed by atoms with Gasteiger partial charge in [0.15, 0.2) is 0 Å². The van der Waals surface area contributed by atoms with Crippen molar-refractivity contribution in [1.82, 2.24) is 9.97 Å². The van der Waals surface area contributed by atoms with E-state index in [1.165, 1.54) is 25.6 Å². The summed E-state index contributed by atoms with van der Waals surface area (Å²) in [4.78, 5) is 23.3. The van der Waals surface area contributed by atoms with E-state index in [2.05, 4.69) is 20.2 Å². The van der Waals surface area contributed by atoms with Crippen LogP contribution in [-0.4, -0.2) is 29.0 Å². The summed E-state index contributed by atoms with van der Waals surface area (Å²) < 4.78 is 5.76. The number of anilines is 2. The molecule has 6 heteroatoms. The van der Waals surface area contributed by atoms with E-state index in [0.717, 1.165) is 24.7 Å². The number of nitrogens with zero attached hydrogens (tertiary/aromatic N) is 3. The fourth-order valence-electron chi connectivity index (χ4n) is 3.20. The number of piperidine rings is 1. The smallest absolute Gasteiger partial charge is 0.256 e. The monoisotopic (exact) mass is 374 g/mol. The van der Waals surface area contributed by atoms with Crippen LogP contribution in [0.2, 0.25) is 0 Å². The minimum absolute atomic E-state index is 0.213. The van der Waals surface area contributed by atoms with Gasteiger partial charge in [-0.15, -0.1) is 0 Å². The van der Waals surface area contributed by atoms with Crippen LogP contribution in [0.25, 0.3) is 0 Å². The molecule has 0 saturated carbocycles. The van der Waals surface area contributed by atoms with E-state index in [4.69, 9.17) is 4.74 Å². The second kappa shape index (κ2) is 8.52. The first-order valence-corrected chi connectivity index (χ1v) is 9.49. The van der Waals surface area contributed by atoms with Gasteiger partial charge in [0.1, 0.15) is 29.5 Å². The summed E-state index contributed by atoms with van der Waals surface area (Å²) in [5.74, 6) is 2.58. The number of carbonyl (C=O) groups excluding carboxylic acids is 1. The van der Waals surface area contributed by atoms with Gasteiger partial charge < -0.3 is 15.0 Å². The van der Waals surface area contributed by atoms with Crippen molar-refractivity contribution in [3.63, 3.8) is 0 Å². The molecule has 1 fully saturated rings. The number of benzene rings is 2. The molecule has 0 bridgehead atoms. The molecule has 2 aromatic carbocycles. The predicted molar refractivity (Wildman–Crippen MR) is 109 cm³/mol. The lowest BCUT2D eigenvalue weighted by Crippen LogP contribution is -2.30. The molecule has 1 N–H and O–H groups in total. The van der Waals surface area contributed by atoms with Gasteiger partial charge in [0.2, 0.25) is 0 Å². The van der Waals surface area contributed by atoms with Gasteiger partial charge in [0.25, 0.3) is 5.91 Å². The zero-order valence-corrected chi connectivity index (χ0v) is 15.5. The lowest BCUT2D eigenvalue weighted by atomic mass is 10.1. The van der Waals surface area contributed by atoms with Crippen molar-refractivity contribution in [2.75, 3.05) is 23.3 Å². The Hall–Kier alpha value is -3.41. The highest BCUT2D eigenvalue weighted by molar-refractivity contribution is 6.03. The first-order chi connectivity index (χ1) is 13.8. The molecule has 2 heterocycles. The molecule has 1 aromatic heterocycles. The number of carbonyl (C=O) groups is 1. The quantitative estimate of drug-likeness (QED) is 0.712. The van der Waals surface area contributed by atoms with E-state index < -0.39 is 0 Å². The van der Waals surface area contributed by atoms with E-state index in [1.54, 1.807) is 24.3 Å². The molecule has 1 saturated heterocycles. The zero-order valence-electron chi connectivity index (χ0n) is 15.5. The second-order valence-corrected chi connectivity index (χ2v) is 6.70. The number of aromatic nitrogens is 2. The van der Waals surface area contributed by atoms with E-state index in [-0.39, 0.29) is 5.91 Å². The number of hydrogen-bond acceptors (Lipinski definition) is 5. The SMILES string of the molecule is O=C(Nc1cc(N2CCCCC2)ncn1)c1ccc(Oc2ccccc2)cc1. The highest BCUT2D eigenvalue weighted by atomic mass is 16.5. The van der Waals surface area contributed by atoms with Crippen LogP contribution < -0.4 is 15.0 Å². The molecule has 1 amide bonds. The summed E-state index contributed by atoms with van der Waals surface area (Å²) >= 11 is 0. The molecule has 0 atom stereocenters. The molecule has 0 aliphatic carbocycles. The summed E-state index contributed by atoms with van der Waals surface area (Å²) in [6.45, 7) is 1.99. The normalized spacial score (nSPS) is 13.8. The molecule has 4 rings (SSSR count). The Kier molecular flexibility index (Phi) is 5.47. The van der Waals surface area contributed by atoms with E-state index in [9.17, 15) is 4.79 Å². The van der Waals surface area contributed by atoms with Crippen molar-refractivity contribution >= 4 is 17.5 Å². The lowest BCUT2D eigenvalue weighted by molar-refractivity contribution is 0.102. The molecule has 1 aliphatic rings. The van der Waals surface area contributed by atoms with Gasteiger partial charge in [0, 0.05) is 24.7 Å². The minimum atomic E-state index is -0.213. The maximum absolute atomic E-state index is 12.5. The van der Waals surface area contributed by atoms with Crippen molar-refractivity contribution < 1.29 is 9.53 Å². The number of ether oxygens (including phenoxy) is 1. The summed E-state index contributed by atoms with van der Waals surface area (Å²) in [6.07, 6.45) is 5.09. The first-order valence-electron chi connectivity index (χ1n) is 9.49. The average molecular weight is 374 g/mol. The van der Waals surface area contributed by atoms with Gasteiger partial charge in [0.05, 0.1) is 0 Å². The summed E-state index contributed by atoms with van der Waals surface area (Å²) in [6, 6.07) is 18.4. The third kappa shape index (κ3) is 4.46. The second-order valence-electron chi connectivity index (χ2n) is 6.70. The molecule has 0 spiro atoms. The molecule has 0 unspecified atom stereocenters. The Balaban J connectivity index is 1.41. The largest absolute Gasteiger partial charge is 0.457 e. The number of para-hydroxylation sites is 1. The third-order valence-electron chi connectivity index (χ3n) is 4.67. The van der Waals surface area contributed by atoms with Gasteiger partial charge in [-0.3, -0.25) is 4.79 Å². The number of amides is 1. The van der Waals surface area contributed by atoms with Crippen LogP contribution in [0.15, 0.2) is 67.0 Å². The van der Waals surface area contributed by atoms with E-state index in [1.807, 2.05) is 36.4 Å². The van der Waals surface area contributed by atoms with Crippen molar-refractivity contribution in [1.29, 1.82) is 0 Å². The fraction of sp³-hybridized carbons (Fsp3) is 0.227. The standard InChI is InChI=1S/C22H22N4O2/c27-22(17-9-11-19(12-10-17)28-18-7-3-1-4-8-18)25-20-15-21(24-16-23-20)26-13-5-2-6-14-26/h1,3-4,7-12,15-16H,2,5-6,13-14H2,(H,23,24,25,27). The van der Waals surface area contributed by atoms with Crippen molar-refractivity contribution in [3.8, 4) is 11.5 Å². The third-order valence-corrected chi connectivity index (χ3v) is 4.67. The molecular formula is C22H22N4O2. The van der Waals surface area contributed by atoms with Crippen molar-refractivity contribution in [3.05, 3.63) is 72.6 Å². The molecule has 0 radical (unpaired) electrons. The van der Waals surface area contributed by atoms with Gasteiger partial charge in [-0.2, -0.15) is 0 Å². The molecule has 6 nitrogen and oxygen atoms in total. The van der Waals surface area contributed by atoms with E-state index in [0.29, 0.717) is 17.1 Å². The summed E-state index contributed by atoms with van der Waals surface area (Å²) in [5, 5.41) is 2.85. The molecule has 3 aromatic rings. The average Bonchev–Trinajstić information content (AvgIpc) is 2.76. The predicted octanol–water partition coefficient (Wildman–Crippen LogP) is 4.51. The van der Waals surface area contributed by atoms with Crippen molar-refractivity contribution in [2.24, 2.45) is 0 Å².